The number of aryl methyl sites for hydroxylation is 2. The van der Waals surface area contributed by atoms with Gasteiger partial charge >= 0.3 is 0 Å². The van der Waals surface area contributed by atoms with Gasteiger partial charge in [-0.15, -0.1) is 0 Å². The Balaban J connectivity index is 1.88. The fraction of sp³-hybridized carbons (Fsp3) is 0.200. The number of hydrogen-bond donors (Lipinski definition) is 2. The largest absolute Gasteiger partial charge is 0.496 e. The second kappa shape index (κ2) is 7.27. The van der Waals surface area contributed by atoms with Crippen molar-refractivity contribution in [3.8, 4) is 16.9 Å². The van der Waals surface area contributed by atoms with E-state index in [-0.39, 0.29) is 13.2 Å². The molecule has 0 amide bonds. The van der Waals surface area contributed by atoms with Gasteiger partial charge in [-0.05, 0) is 87.0 Å². The molecular formula is C25H24O3. The number of hydrogen-bond acceptors (Lipinski definition) is 3. The molecule has 3 heteroatoms. The van der Waals surface area contributed by atoms with E-state index in [4.69, 9.17) is 4.74 Å². The fourth-order valence-corrected chi connectivity index (χ4v) is 4.06. The molecule has 0 spiro atoms. The number of ether oxygens (including phenoxy) is 1. The second-order valence-electron chi connectivity index (χ2n) is 7.24. The lowest BCUT2D eigenvalue weighted by molar-refractivity contribution is 0.261. The van der Waals surface area contributed by atoms with E-state index in [9.17, 15) is 10.2 Å². The number of aliphatic hydroxyl groups excluding tert-OH is 2. The van der Waals surface area contributed by atoms with Crippen LogP contribution >= 0.6 is 0 Å². The molecule has 0 radical (unpaired) electrons. The van der Waals surface area contributed by atoms with E-state index < -0.39 is 0 Å². The van der Waals surface area contributed by atoms with Gasteiger partial charge < -0.3 is 14.9 Å². The Morgan fingerprint density at radius 2 is 1.46 bits per heavy atom. The van der Waals surface area contributed by atoms with E-state index in [1.807, 2.05) is 18.2 Å². The van der Waals surface area contributed by atoms with Crippen molar-refractivity contribution in [3.05, 3.63) is 76.9 Å². The van der Waals surface area contributed by atoms with E-state index in [2.05, 4.69) is 50.2 Å². The molecule has 0 saturated heterocycles. The lowest BCUT2D eigenvalue weighted by atomic mass is 9.93. The summed E-state index contributed by atoms with van der Waals surface area (Å²) in [6, 6.07) is 18.8. The van der Waals surface area contributed by atoms with Gasteiger partial charge in [0.25, 0.3) is 0 Å². The molecule has 0 aliphatic rings. The van der Waals surface area contributed by atoms with Crippen LogP contribution in [-0.4, -0.2) is 17.3 Å². The van der Waals surface area contributed by atoms with Crippen molar-refractivity contribution in [3.63, 3.8) is 0 Å². The number of fused-ring (bicyclic) bond motifs is 2. The van der Waals surface area contributed by atoms with Crippen LogP contribution in [-0.2, 0) is 13.2 Å². The first-order valence-corrected chi connectivity index (χ1v) is 9.42. The van der Waals surface area contributed by atoms with Crippen LogP contribution in [0, 0.1) is 13.8 Å². The summed E-state index contributed by atoms with van der Waals surface area (Å²) >= 11 is 0. The van der Waals surface area contributed by atoms with Gasteiger partial charge in [0.1, 0.15) is 5.75 Å². The first-order chi connectivity index (χ1) is 13.6. The molecule has 0 atom stereocenters. The molecule has 0 heterocycles. The molecule has 0 aromatic heterocycles. The van der Waals surface area contributed by atoms with Crippen LogP contribution in [0.1, 0.15) is 22.3 Å². The molecule has 0 aliphatic carbocycles. The first-order valence-electron chi connectivity index (χ1n) is 9.42. The topological polar surface area (TPSA) is 49.7 Å². The summed E-state index contributed by atoms with van der Waals surface area (Å²) in [6.07, 6.45) is 0. The highest BCUT2D eigenvalue weighted by molar-refractivity contribution is 5.95. The summed E-state index contributed by atoms with van der Waals surface area (Å²) in [5.41, 5.74) is 6.19. The van der Waals surface area contributed by atoms with Gasteiger partial charge in [0.05, 0.1) is 20.3 Å². The molecule has 0 fully saturated rings. The summed E-state index contributed by atoms with van der Waals surface area (Å²) in [5.74, 6) is 0.916. The SMILES string of the molecule is COc1cc(C)c2cc(-c3ccc4c(CO)c(CO)ccc4c3)ccc2c1C. The van der Waals surface area contributed by atoms with E-state index in [1.54, 1.807) is 7.11 Å². The minimum Gasteiger partial charge on any atom is -0.496 e. The predicted molar refractivity (Wildman–Crippen MR) is 115 cm³/mol. The minimum atomic E-state index is -0.0805. The van der Waals surface area contributed by atoms with Gasteiger partial charge in [0, 0.05) is 0 Å². The molecule has 4 rings (SSSR count). The van der Waals surface area contributed by atoms with Crippen LogP contribution < -0.4 is 4.74 Å². The molecule has 2 N–H and O–H groups in total. The standard InChI is InChI=1S/C25H24O3/c1-15-10-25(28-3)16(2)21-8-6-18(12-23(15)21)17-7-9-22-19(11-17)4-5-20(13-26)24(22)14-27/h4-12,26-27H,13-14H2,1-3H3. The molecule has 0 unspecified atom stereocenters. The fourth-order valence-electron chi connectivity index (χ4n) is 4.06. The van der Waals surface area contributed by atoms with Gasteiger partial charge in [-0.25, -0.2) is 0 Å². The molecule has 4 aromatic rings. The molecule has 0 bridgehead atoms. The maximum atomic E-state index is 9.73. The molecule has 3 nitrogen and oxygen atoms in total. The van der Waals surface area contributed by atoms with Gasteiger partial charge in [0.15, 0.2) is 0 Å². The molecule has 28 heavy (non-hydrogen) atoms. The van der Waals surface area contributed by atoms with E-state index in [1.165, 1.54) is 16.3 Å². The average Bonchev–Trinajstić information content (AvgIpc) is 2.74. The monoisotopic (exact) mass is 372 g/mol. The van der Waals surface area contributed by atoms with Crippen molar-refractivity contribution >= 4 is 21.5 Å². The Kier molecular flexibility index (Phi) is 4.80. The molecule has 0 saturated carbocycles. The predicted octanol–water partition coefficient (Wildman–Crippen LogP) is 5.27. The summed E-state index contributed by atoms with van der Waals surface area (Å²) in [7, 11) is 1.71. The smallest absolute Gasteiger partial charge is 0.122 e. The highest BCUT2D eigenvalue weighted by atomic mass is 16.5. The maximum absolute atomic E-state index is 9.73. The molecule has 4 aromatic carbocycles. The van der Waals surface area contributed by atoms with E-state index >= 15 is 0 Å². The van der Waals surface area contributed by atoms with E-state index in [0.29, 0.717) is 0 Å². The maximum Gasteiger partial charge on any atom is 0.122 e. The third kappa shape index (κ3) is 2.93. The van der Waals surface area contributed by atoms with Gasteiger partial charge in [-0.3, -0.25) is 0 Å². The van der Waals surface area contributed by atoms with Gasteiger partial charge in [-0.1, -0.05) is 36.4 Å². The van der Waals surface area contributed by atoms with Crippen molar-refractivity contribution in [2.24, 2.45) is 0 Å². The highest BCUT2D eigenvalue weighted by Crippen LogP contribution is 2.34. The van der Waals surface area contributed by atoms with Crippen LogP contribution in [0.2, 0.25) is 0 Å². The Morgan fingerprint density at radius 3 is 2.14 bits per heavy atom. The van der Waals surface area contributed by atoms with Crippen LogP contribution in [0.3, 0.4) is 0 Å². The van der Waals surface area contributed by atoms with Crippen LogP contribution in [0.15, 0.2) is 54.6 Å². The zero-order valence-electron chi connectivity index (χ0n) is 16.4. The second-order valence-corrected chi connectivity index (χ2v) is 7.24. The van der Waals surface area contributed by atoms with Crippen LogP contribution in [0.5, 0.6) is 5.75 Å². The van der Waals surface area contributed by atoms with Crippen molar-refractivity contribution in [2.75, 3.05) is 7.11 Å². The quantitative estimate of drug-likeness (QED) is 0.513. The third-order valence-electron chi connectivity index (χ3n) is 5.68. The van der Waals surface area contributed by atoms with Gasteiger partial charge in [0.2, 0.25) is 0 Å². The Hall–Kier alpha value is -2.88. The number of rotatable bonds is 4. The number of methoxy groups -OCH3 is 1. The van der Waals surface area contributed by atoms with Crippen LogP contribution in [0.25, 0.3) is 32.7 Å². The normalized spacial score (nSPS) is 11.3. The third-order valence-corrected chi connectivity index (χ3v) is 5.68. The first kappa shape index (κ1) is 18.5. The van der Waals surface area contributed by atoms with Crippen molar-refractivity contribution in [2.45, 2.75) is 27.1 Å². The summed E-state index contributed by atoms with van der Waals surface area (Å²) < 4.78 is 5.50. The lowest BCUT2D eigenvalue weighted by Gasteiger charge is -2.14. The zero-order valence-corrected chi connectivity index (χ0v) is 16.4. The lowest BCUT2D eigenvalue weighted by Crippen LogP contribution is -1.95. The molecule has 142 valence electrons. The van der Waals surface area contributed by atoms with Crippen molar-refractivity contribution in [1.29, 1.82) is 0 Å². The molecule has 0 aliphatic heterocycles. The minimum absolute atomic E-state index is 0.0691. The number of benzene rings is 4. The average molecular weight is 372 g/mol. The van der Waals surface area contributed by atoms with Crippen molar-refractivity contribution in [1.82, 2.24) is 0 Å². The Morgan fingerprint density at radius 1 is 0.750 bits per heavy atom. The van der Waals surface area contributed by atoms with Crippen LogP contribution in [0.4, 0.5) is 0 Å². The highest BCUT2D eigenvalue weighted by Gasteiger charge is 2.11. The number of aliphatic hydroxyl groups is 2. The summed E-state index contributed by atoms with van der Waals surface area (Å²) in [5, 5.41) is 23.7. The molecular weight excluding hydrogens is 348 g/mol. The van der Waals surface area contributed by atoms with E-state index in [0.717, 1.165) is 44.3 Å². The summed E-state index contributed by atoms with van der Waals surface area (Å²) in [4.78, 5) is 0. The van der Waals surface area contributed by atoms with Gasteiger partial charge in [-0.2, -0.15) is 0 Å². The summed E-state index contributed by atoms with van der Waals surface area (Å²) in [6.45, 7) is 4.05. The Bertz CT molecular complexity index is 1190. The zero-order chi connectivity index (χ0) is 19.8. The Labute approximate surface area is 164 Å². The van der Waals surface area contributed by atoms with Crippen molar-refractivity contribution < 1.29 is 14.9 Å².